The Labute approximate surface area is 197 Å². The highest BCUT2D eigenvalue weighted by molar-refractivity contribution is 7.91. The Balaban J connectivity index is 1.69. The van der Waals surface area contributed by atoms with E-state index in [-0.39, 0.29) is 23.2 Å². The van der Waals surface area contributed by atoms with Gasteiger partial charge in [-0.05, 0) is 43.2 Å². The number of H-pyrrole nitrogens is 1. The minimum atomic E-state index is -3.23. The molecule has 3 heterocycles. The summed E-state index contributed by atoms with van der Waals surface area (Å²) in [6.07, 6.45) is 0.363. The maximum Gasteiger partial charge on any atom is 0.273 e. The molecule has 0 spiro atoms. The van der Waals surface area contributed by atoms with E-state index in [0.29, 0.717) is 47.0 Å². The van der Waals surface area contributed by atoms with Crippen molar-refractivity contribution < 1.29 is 27.8 Å². The van der Waals surface area contributed by atoms with E-state index in [1.807, 2.05) is 13.0 Å². The number of benzene rings is 2. The molecular weight excluding hydrogens is 458 g/mol. The summed E-state index contributed by atoms with van der Waals surface area (Å²) in [7, 11) is -1.69. The minimum Gasteiger partial charge on any atom is -0.507 e. The lowest BCUT2D eigenvalue weighted by Crippen LogP contribution is -2.40. The number of ether oxygens (including phenoxy) is 2. The number of aromatic amines is 1. The van der Waals surface area contributed by atoms with Gasteiger partial charge in [0.1, 0.15) is 17.1 Å². The molecule has 0 saturated carbocycles. The summed E-state index contributed by atoms with van der Waals surface area (Å²) in [5.74, 6) is 0.748. The lowest BCUT2D eigenvalue weighted by Gasteiger charge is -2.31. The number of nitrogens with one attached hydrogen (secondary N) is 1. The predicted octanol–water partition coefficient (Wildman–Crippen LogP) is 2.92. The molecule has 2 aliphatic rings. The van der Waals surface area contributed by atoms with E-state index in [2.05, 4.69) is 10.2 Å². The summed E-state index contributed by atoms with van der Waals surface area (Å²) in [6.45, 7) is 2.34. The second kappa shape index (κ2) is 8.35. The van der Waals surface area contributed by atoms with E-state index in [9.17, 15) is 18.3 Å². The Kier molecular flexibility index (Phi) is 5.47. The normalized spacial score (nSPS) is 21.0. The molecule has 178 valence electrons. The smallest absolute Gasteiger partial charge is 0.273 e. The maximum absolute atomic E-state index is 13.6. The van der Waals surface area contributed by atoms with Crippen molar-refractivity contribution in [3.63, 3.8) is 0 Å². The van der Waals surface area contributed by atoms with Crippen LogP contribution in [0.4, 0.5) is 0 Å². The molecule has 2 aliphatic heterocycles. The number of methoxy groups -OCH3 is 1. The summed E-state index contributed by atoms with van der Waals surface area (Å²) in [6, 6.07) is 11.1. The SMILES string of the molecule is CCOc1ccc(C2c3c(-c4ccccc4O)n[nH]c3C(=O)N2C2CCS(=O)(=O)C2)cc1OC. The molecule has 3 aromatic rings. The minimum absolute atomic E-state index is 0.0363. The maximum atomic E-state index is 13.6. The Morgan fingerprint density at radius 2 is 2.00 bits per heavy atom. The molecule has 2 aromatic carbocycles. The number of phenolic OH excluding ortho intramolecular Hbond substituents is 1. The lowest BCUT2D eigenvalue weighted by molar-refractivity contribution is 0.0677. The van der Waals surface area contributed by atoms with E-state index in [0.717, 1.165) is 5.56 Å². The van der Waals surface area contributed by atoms with Gasteiger partial charge in [-0.1, -0.05) is 18.2 Å². The number of rotatable bonds is 6. The van der Waals surface area contributed by atoms with Crippen LogP contribution >= 0.6 is 0 Å². The van der Waals surface area contributed by atoms with Crippen LogP contribution in [0, 0.1) is 0 Å². The Morgan fingerprint density at radius 1 is 1.21 bits per heavy atom. The Bertz CT molecular complexity index is 1370. The molecule has 2 atom stereocenters. The third kappa shape index (κ3) is 3.58. The molecule has 0 radical (unpaired) electrons. The van der Waals surface area contributed by atoms with Crippen molar-refractivity contribution in [3.05, 3.63) is 59.3 Å². The standard InChI is InChI=1S/C24H25N3O6S/c1-3-33-18-9-8-14(12-19(18)32-2)23-20-21(16-6-4-5-7-17(16)28)25-26-22(20)24(29)27(23)15-10-11-34(30,31)13-15/h4-9,12,15,23,28H,3,10-11,13H2,1-2H3,(H,25,26). The van der Waals surface area contributed by atoms with Gasteiger partial charge in [0.05, 0.1) is 31.3 Å². The van der Waals surface area contributed by atoms with Crippen LogP contribution in [0.3, 0.4) is 0 Å². The molecule has 10 heteroatoms. The van der Waals surface area contributed by atoms with Crippen LogP contribution in [-0.4, -0.2) is 65.8 Å². The van der Waals surface area contributed by atoms with Crippen LogP contribution < -0.4 is 9.47 Å². The molecule has 1 aromatic heterocycles. The number of phenols is 1. The third-order valence-corrected chi connectivity index (χ3v) is 8.12. The van der Waals surface area contributed by atoms with Crippen LogP contribution in [0.2, 0.25) is 0 Å². The van der Waals surface area contributed by atoms with Crippen molar-refractivity contribution in [2.45, 2.75) is 25.4 Å². The van der Waals surface area contributed by atoms with Gasteiger partial charge in [-0.25, -0.2) is 8.42 Å². The molecule has 2 N–H and O–H groups in total. The zero-order chi connectivity index (χ0) is 24.0. The molecule has 5 rings (SSSR count). The second-order valence-electron chi connectivity index (χ2n) is 8.39. The summed E-state index contributed by atoms with van der Waals surface area (Å²) >= 11 is 0. The van der Waals surface area contributed by atoms with Crippen molar-refractivity contribution in [3.8, 4) is 28.5 Å². The van der Waals surface area contributed by atoms with Crippen LogP contribution in [-0.2, 0) is 9.84 Å². The molecule has 34 heavy (non-hydrogen) atoms. The number of carbonyl (C=O) groups is 1. The van der Waals surface area contributed by atoms with Crippen molar-refractivity contribution in [1.82, 2.24) is 15.1 Å². The second-order valence-corrected chi connectivity index (χ2v) is 10.6. The van der Waals surface area contributed by atoms with Gasteiger partial charge in [-0.15, -0.1) is 0 Å². The van der Waals surface area contributed by atoms with Gasteiger partial charge in [-0.2, -0.15) is 5.10 Å². The van der Waals surface area contributed by atoms with Crippen molar-refractivity contribution in [1.29, 1.82) is 0 Å². The van der Waals surface area contributed by atoms with Gasteiger partial charge >= 0.3 is 0 Å². The first-order valence-corrected chi connectivity index (χ1v) is 12.9. The van der Waals surface area contributed by atoms with E-state index >= 15 is 0 Å². The Morgan fingerprint density at radius 3 is 2.68 bits per heavy atom. The van der Waals surface area contributed by atoms with Crippen LogP contribution in [0.25, 0.3) is 11.3 Å². The average molecular weight is 484 g/mol. The van der Waals surface area contributed by atoms with Crippen molar-refractivity contribution in [2.24, 2.45) is 0 Å². The van der Waals surface area contributed by atoms with Gasteiger partial charge in [0, 0.05) is 17.2 Å². The van der Waals surface area contributed by atoms with Crippen LogP contribution in [0.1, 0.15) is 41.0 Å². The summed E-state index contributed by atoms with van der Waals surface area (Å²) in [5.41, 5.74) is 2.55. The fourth-order valence-electron chi connectivity index (χ4n) is 4.87. The van der Waals surface area contributed by atoms with Gasteiger partial charge in [0.2, 0.25) is 0 Å². The number of amides is 1. The molecule has 1 saturated heterocycles. The van der Waals surface area contributed by atoms with Crippen molar-refractivity contribution >= 4 is 15.7 Å². The highest BCUT2D eigenvalue weighted by atomic mass is 32.2. The topological polar surface area (TPSA) is 122 Å². The van der Waals surface area contributed by atoms with Crippen LogP contribution in [0.5, 0.6) is 17.2 Å². The fourth-order valence-corrected chi connectivity index (χ4v) is 6.58. The van der Waals surface area contributed by atoms with E-state index in [4.69, 9.17) is 9.47 Å². The quantitative estimate of drug-likeness (QED) is 0.553. The number of hydrogen-bond donors (Lipinski definition) is 2. The molecule has 1 amide bonds. The largest absolute Gasteiger partial charge is 0.507 e. The number of aromatic hydroxyl groups is 1. The van der Waals surface area contributed by atoms with Crippen LogP contribution in [0.15, 0.2) is 42.5 Å². The number of sulfone groups is 1. The molecule has 1 fully saturated rings. The highest BCUT2D eigenvalue weighted by Gasteiger charge is 2.48. The summed E-state index contributed by atoms with van der Waals surface area (Å²) in [4.78, 5) is 15.2. The molecular formula is C24H25N3O6S. The number of fused-ring (bicyclic) bond motifs is 1. The third-order valence-electron chi connectivity index (χ3n) is 6.37. The van der Waals surface area contributed by atoms with Gasteiger partial charge < -0.3 is 19.5 Å². The lowest BCUT2D eigenvalue weighted by atomic mass is 9.94. The molecule has 0 bridgehead atoms. The molecule has 0 aliphatic carbocycles. The number of carbonyl (C=O) groups excluding carboxylic acids is 1. The van der Waals surface area contributed by atoms with E-state index < -0.39 is 21.9 Å². The van der Waals surface area contributed by atoms with Gasteiger partial charge in [-0.3, -0.25) is 9.89 Å². The zero-order valence-corrected chi connectivity index (χ0v) is 19.6. The number of aromatic nitrogens is 2. The Hall–Kier alpha value is -3.53. The predicted molar refractivity (Wildman–Crippen MR) is 125 cm³/mol. The first-order valence-electron chi connectivity index (χ1n) is 11.0. The number of para-hydroxylation sites is 1. The van der Waals surface area contributed by atoms with Gasteiger partial charge in [0.15, 0.2) is 21.3 Å². The summed E-state index contributed by atoms with van der Waals surface area (Å²) < 4.78 is 35.7. The first-order chi connectivity index (χ1) is 16.3. The summed E-state index contributed by atoms with van der Waals surface area (Å²) in [5, 5.41) is 17.7. The van der Waals surface area contributed by atoms with Gasteiger partial charge in [0.25, 0.3) is 5.91 Å². The monoisotopic (exact) mass is 483 g/mol. The van der Waals surface area contributed by atoms with E-state index in [1.54, 1.807) is 48.4 Å². The average Bonchev–Trinajstić information content (AvgIpc) is 3.48. The molecule has 9 nitrogen and oxygen atoms in total. The fraction of sp³-hybridized carbons (Fsp3) is 0.333. The first kappa shape index (κ1) is 22.3. The number of nitrogens with zero attached hydrogens (tertiary/aromatic N) is 2. The zero-order valence-electron chi connectivity index (χ0n) is 18.8. The highest BCUT2D eigenvalue weighted by Crippen LogP contribution is 2.47. The number of hydrogen-bond acceptors (Lipinski definition) is 7. The molecule has 2 unspecified atom stereocenters. The van der Waals surface area contributed by atoms with E-state index in [1.165, 1.54) is 0 Å². The van der Waals surface area contributed by atoms with Crippen molar-refractivity contribution in [2.75, 3.05) is 25.2 Å².